The van der Waals surface area contributed by atoms with E-state index in [0.717, 1.165) is 37.0 Å². The topological polar surface area (TPSA) is 84.3 Å². The van der Waals surface area contributed by atoms with Gasteiger partial charge in [0.2, 0.25) is 15.9 Å². The first-order chi connectivity index (χ1) is 10.2. The molecule has 0 aromatic carbocycles. The van der Waals surface area contributed by atoms with Crippen LogP contribution in [0.15, 0.2) is 6.07 Å². The van der Waals surface area contributed by atoms with Gasteiger partial charge in [0, 0.05) is 25.3 Å². The zero-order chi connectivity index (χ0) is 16.3. The van der Waals surface area contributed by atoms with Gasteiger partial charge in [-0.3, -0.25) is 9.48 Å². The van der Waals surface area contributed by atoms with Crippen LogP contribution in [0.3, 0.4) is 0 Å². The molecule has 1 N–H and O–H groups in total. The molecule has 7 nitrogen and oxygen atoms in total. The highest BCUT2D eigenvalue weighted by molar-refractivity contribution is 7.88. The molecule has 2 rings (SSSR count). The Morgan fingerprint density at radius 2 is 2.18 bits per heavy atom. The molecule has 1 fully saturated rings. The molecular formula is C14H24N4O3S. The molecule has 0 saturated carbocycles. The molecule has 0 unspecified atom stereocenters. The van der Waals surface area contributed by atoms with E-state index in [1.165, 1.54) is 0 Å². The van der Waals surface area contributed by atoms with E-state index in [1.807, 2.05) is 24.8 Å². The fourth-order valence-corrected chi connectivity index (χ4v) is 3.33. The van der Waals surface area contributed by atoms with Gasteiger partial charge in [0.15, 0.2) is 0 Å². The second-order valence-corrected chi connectivity index (χ2v) is 7.89. The van der Waals surface area contributed by atoms with Crippen molar-refractivity contribution in [2.45, 2.75) is 33.2 Å². The summed E-state index contributed by atoms with van der Waals surface area (Å²) in [6.45, 7) is 5.80. The Labute approximate surface area is 131 Å². The Bertz CT molecular complexity index is 639. The smallest absolute Gasteiger partial charge is 0.244 e. The zero-order valence-corrected chi connectivity index (χ0v) is 14.2. The van der Waals surface area contributed by atoms with Gasteiger partial charge in [-0.2, -0.15) is 5.10 Å². The molecule has 22 heavy (non-hydrogen) atoms. The van der Waals surface area contributed by atoms with Crippen LogP contribution in [0.2, 0.25) is 0 Å². The predicted octanol–water partition coefficient (Wildman–Crippen LogP) is 0.288. The summed E-state index contributed by atoms with van der Waals surface area (Å²) in [5.41, 5.74) is 1.87. The second kappa shape index (κ2) is 6.78. The summed E-state index contributed by atoms with van der Waals surface area (Å²) in [5, 5.41) is 4.31. The van der Waals surface area contributed by atoms with Gasteiger partial charge in [-0.15, -0.1) is 0 Å². The van der Waals surface area contributed by atoms with Gasteiger partial charge in [0.25, 0.3) is 0 Å². The number of likely N-dealkylation sites (tertiary alicyclic amines) is 1. The number of nitrogens with zero attached hydrogens (tertiary/aromatic N) is 3. The average Bonchev–Trinajstić information content (AvgIpc) is 2.74. The van der Waals surface area contributed by atoms with Gasteiger partial charge < -0.3 is 4.90 Å². The molecule has 0 spiro atoms. The maximum absolute atomic E-state index is 12.4. The lowest BCUT2D eigenvalue weighted by Gasteiger charge is -2.32. The van der Waals surface area contributed by atoms with Crippen molar-refractivity contribution in [1.82, 2.24) is 19.4 Å². The third kappa shape index (κ3) is 4.81. The van der Waals surface area contributed by atoms with Gasteiger partial charge in [0.1, 0.15) is 6.54 Å². The molecule has 1 aliphatic rings. The summed E-state index contributed by atoms with van der Waals surface area (Å²) in [7, 11) is -3.18. The van der Waals surface area contributed by atoms with Crippen LogP contribution in [0, 0.1) is 19.8 Å². The average molecular weight is 328 g/mol. The summed E-state index contributed by atoms with van der Waals surface area (Å²) >= 11 is 0. The molecule has 0 radical (unpaired) electrons. The standard InChI is InChI=1S/C14H24N4O3S/c1-11-7-12(2)18(16-11)10-14(19)17-6-4-5-13(9-17)8-15-22(3,20)21/h7,13,15H,4-6,8-10H2,1-3H3/t13-/m0/s1. The monoisotopic (exact) mass is 328 g/mol. The lowest BCUT2D eigenvalue weighted by atomic mass is 9.98. The number of aryl methyl sites for hydroxylation is 2. The molecule has 0 bridgehead atoms. The highest BCUT2D eigenvalue weighted by Gasteiger charge is 2.24. The zero-order valence-electron chi connectivity index (χ0n) is 13.4. The minimum atomic E-state index is -3.18. The number of hydrogen-bond donors (Lipinski definition) is 1. The Hall–Kier alpha value is -1.41. The van der Waals surface area contributed by atoms with Crippen LogP contribution < -0.4 is 4.72 Å². The number of piperidine rings is 1. The largest absolute Gasteiger partial charge is 0.341 e. The van der Waals surface area contributed by atoms with Crippen LogP contribution in [-0.4, -0.2) is 54.9 Å². The minimum absolute atomic E-state index is 0.0373. The molecule has 1 aromatic heterocycles. The summed E-state index contributed by atoms with van der Waals surface area (Å²) in [4.78, 5) is 14.2. The number of rotatable bonds is 5. The molecule has 8 heteroatoms. The fraction of sp³-hybridized carbons (Fsp3) is 0.714. The van der Waals surface area contributed by atoms with E-state index in [1.54, 1.807) is 4.68 Å². The second-order valence-electron chi connectivity index (χ2n) is 6.05. The molecule has 1 amide bonds. The normalized spacial score (nSPS) is 19.4. The van der Waals surface area contributed by atoms with E-state index in [-0.39, 0.29) is 18.4 Å². The van der Waals surface area contributed by atoms with E-state index < -0.39 is 10.0 Å². The third-order valence-electron chi connectivity index (χ3n) is 3.89. The Balaban J connectivity index is 1.91. The Morgan fingerprint density at radius 1 is 1.45 bits per heavy atom. The number of aromatic nitrogens is 2. The van der Waals surface area contributed by atoms with Crippen LogP contribution >= 0.6 is 0 Å². The molecule has 2 heterocycles. The molecule has 124 valence electrons. The first-order valence-electron chi connectivity index (χ1n) is 7.48. The molecule has 1 atom stereocenters. The van der Waals surface area contributed by atoms with Crippen molar-refractivity contribution in [3.05, 3.63) is 17.5 Å². The summed E-state index contributed by atoms with van der Waals surface area (Å²) < 4.78 is 26.6. The summed E-state index contributed by atoms with van der Waals surface area (Å²) in [6.07, 6.45) is 2.99. The van der Waals surface area contributed by atoms with Crippen molar-refractivity contribution in [2.24, 2.45) is 5.92 Å². The van der Waals surface area contributed by atoms with Crippen LogP contribution in [0.4, 0.5) is 0 Å². The Morgan fingerprint density at radius 3 is 2.77 bits per heavy atom. The SMILES string of the molecule is Cc1cc(C)n(CC(=O)N2CCC[C@@H](CNS(C)(=O)=O)C2)n1. The Kier molecular flexibility index (Phi) is 5.23. The maximum Gasteiger partial charge on any atom is 0.244 e. The molecule has 1 aliphatic heterocycles. The predicted molar refractivity (Wildman–Crippen MR) is 83.9 cm³/mol. The maximum atomic E-state index is 12.4. The molecule has 0 aliphatic carbocycles. The number of carbonyl (C=O) groups is 1. The van der Waals surface area contributed by atoms with Crippen LogP contribution in [0.1, 0.15) is 24.2 Å². The van der Waals surface area contributed by atoms with Crippen molar-refractivity contribution in [3.8, 4) is 0 Å². The van der Waals surface area contributed by atoms with Gasteiger partial charge >= 0.3 is 0 Å². The van der Waals surface area contributed by atoms with Gasteiger partial charge in [-0.05, 0) is 38.7 Å². The highest BCUT2D eigenvalue weighted by Crippen LogP contribution is 2.16. The van der Waals surface area contributed by atoms with E-state index in [4.69, 9.17) is 0 Å². The van der Waals surface area contributed by atoms with Crippen LogP contribution in [0.5, 0.6) is 0 Å². The minimum Gasteiger partial charge on any atom is -0.341 e. The fourth-order valence-electron chi connectivity index (χ4n) is 2.79. The van der Waals surface area contributed by atoms with E-state index >= 15 is 0 Å². The first-order valence-corrected chi connectivity index (χ1v) is 9.37. The van der Waals surface area contributed by atoms with Gasteiger partial charge in [-0.25, -0.2) is 13.1 Å². The molecule has 1 aromatic rings. The van der Waals surface area contributed by atoms with Crippen LogP contribution in [-0.2, 0) is 21.4 Å². The molecule has 1 saturated heterocycles. The summed E-state index contributed by atoms with van der Waals surface area (Å²) in [5.74, 6) is 0.211. The lowest BCUT2D eigenvalue weighted by molar-refractivity contribution is -0.133. The van der Waals surface area contributed by atoms with E-state index in [2.05, 4.69) is 9.82 Å². The third-order valence-corrected chi connectivity index (χ3v) is 4.59. The quantitative estimate of drug-likeness (QED) is 0.842. The van der Waals surface area contributed by atoms with E-state index in [0.29, 0.717) is 13.1 Å². The summed E-state index contributed by atoms with van der Waals surface area (Å²) in [6, 6.07) is 1.95. The lowest BCUT2D eigenvalue weighted by Crippen LogP contribution is -2.44. The van der Waals surface area contributed by atoms with Crippen molar-refractivity contribution in [1.29, 1.82) is 0 Å². The molecular weight excluding hydrogens is 304 g/mol. The highest BCUT2D eigenvalue weighted by atomic mass is 32.2. The van der Waals surface area contributed by atoms with Gasteiger partial charge in [-0.1, -0.05) is 0 Å². The number of sulfonamides is 1. The van der Waals surface area contributed by atoms with Crippen molar-refractivity contribution < 1.29 is 13.2 Å². The number of amides is 1. The van der Waals surface area contributed by atoms with E-state index in [9.17, 15) is 13.2 Å². The number of nitrogens with one attached hydrogen (secondary N) is 1. The van der Waals surface area contributed by atoms with Gasteiger partial charge in [0.05, 0.1) is 11.9 Å². The number of hydrogen-bond acceptors (Lipinski definition) is 4. The van der Waals surface area contributed by atoms with Crippen molar-refractivity contribution >= 4 is 15.9 Å². The van der Waals surface area contributed by atoms with Crippen LogP contribution in [0.25, 0.3) is 0 Å². The van der Waals surface area contributed by atoms with Crippen molar-refractivity contribution in [2.75, 3.05) is 25.9 Å². The number of carbonyl (C=O) groups excluding carboxylic acids is 1. The first kappa shape index (κ1) is 17.0. The van der Waals surface area contributed by atoms with Crippen molar-refractivity contribution in [3.63, 3.8) is 0 Å².